The van der Waals surface area contributed by atoms with Gasteiger partial charge in [0.05, 0.1) is 17.6 Å². The Morgan fingerprint density at radius 1 is 1.36 bits per heavy atom. The van der Waals surface area contributed by atoms with Gasteiger partial charge in [0.2, 0.25) is 15.9 Å². The van der Waals surface area contributed by atoms with Gasteiger partial charge in [-0.25, -0.2) is 8.42 Å². The van der Waals surface area contributed by atoms with Crippen LogP contribution in [0.2, 0.25) is 0 Å². The molecule has 0 aromatic heterocycles. The number of rotatable bonds is 4. The number of carbonyl (C=O) groups is 2. The molecule has 1 amide bonds. The number of amides is 1. The smallest absolute Gasteiger partial charge is 0.323 e. The number of carboxylic acid groups (broad SMARTS) is 1. The van der Waals surface area contributed by atoms with Crippen LogP contribution in [0.15, 0.2) is 23.1 Å². The number of carbonyl (C=O) groups excluding carboxylic acids is 1. The molecule has 1 heterocycles. The fourth-order valence-corrected chi connectivity index (χ4v) is 4.20. The van der Waals surface area contributed by atoms with Crippen molar-refractivity contribution in [3.8, 4) is 11.8 Å². The van der Waals surface area contributed by atoms with Gasteiger partial charge in [-0.1, -0.05) is 0 Å². The largest absolute Gasteiger partial charge is 0.495 e. The lowest BCUT2D eigenvalue weighted by molar-refractivity contribution is -0.145. The van der Waals surface area contributed by atoms with Crippen molar-refractivity contribution in [3.05, 3.63) is 23.8 Å². The first-order valence-corrected chi connectivity index (χ1v) is 8.74. The molecule has 1 saturated heterocycles. The predicted molar refractivity (Wildman–Crippen MR) is 85.3 cm³/mol. The fourth-order valence-electron chi connectivity index (χ4n) is 2.61. The second kappa shape index (κ2) is 7.08. The average Bonchev–Trinajstić information content (AvgIpc) is 2.60. The summed E-state index contributed by atoms with van der Waals surface area (Å²) in [6, 6.07) is 4.19. The highest BCUT2D eigenvalue weighted by molar-refractivity contribution is 7.89. The SMILES string of the molecule is COc1ccc(S(=O)(=O)N2CCN(C(C)=O)C[C@@H]2C(=O)O)cc1C#N. The predicted octanol–water partition coefficient (Wildman–Crippen LogP) is -0.127. The fraction of sp³-hybridized carbons (Fsp3) is 0.400. The molecular formula is C15H17N3O6S. The molecule has 0 saturated carbocycles. The van der Waals surface area contributed by atoms with Gasteiger partial charge in [0.1, 0.15) is 17.9 Å². The maximum absolute atomic E-state index is 12.9. The van der Waals surface area contributed by atoms with Gasteiger partial charge < -0.3 is 14.7 Å². The molecule has 134 valence electrons. The molecule has 10 heteroatoms. The lowest BCUT2D eigenvalue weighted by atomic mass is 10.2. The maximum Gasteiger partial charge on any atom is 0.323 e. The Kier molecular flexibility index (Phi) is 5.30. The van der Waals surface area contributed by atoms with Gasteiger partial charge in [-0.2, -0.15) is 9.57 Å². The summed E-state index contributed by atoms with van der Waals surface area (Å²) in [4.78, 5) is 24.1. The first-order chi connectivity index (χ1) is 11.7. The van der Waals surface area contributed by atoms with Crippen molar-refractivity contribution < 1.29 is 27.9 Å². The Labute approximate surface area is 145 Å². The Morgan fingerprint density at radius 3 is 2.56 bits per heavy atom. The molecule has 2 rings (SSSR count). The van der Waals surface area contributed by atoms with Crippen LogP contribution < -0.4 is 4.74 Å². The van der Waals surface area contributed by atoms with E-state index in [9.17, 15) is 23.1 Å². The molecule has 9 nitrogen and oxygen atoms in total. The first-order valence-electron chi connectivity index (χ1n) is 7.30. The minimum atomic E-state index is -4.16. The van der Waals surface area contributed by atoms with Crippen LogP contribution in [0.4, 0.5) is 0 Å². The summed E-state index contributed by atoms with van der Waals surface area (Å²) in [5, 5.41) is 18.5. The van der Waals surface area contributed by atoms with Gasteiger partial charge >= 0.3 is 5.97 Å². The van der Waals surface area contributed by atoms with E-state index in [4.69, 9.17) is 10.00 Å². The Morgan fingerprint density at radius 2 is 2.04 bits per heavy atom. The zero-order valence-electron chi connectivity index (χ0n) is 13.7. The average molecular weight is 367 g/mol. The molecule has 1 aliphatic rings. The summed E-state index contributed by atoms with van der Waals surface area (Å²) in [7, 11) is -2.80. The molecule has 1 aromatic carbocycles. The molecule has 0 spiro atoms. The van der Waals surface area contributed by atoms with Crippen LogP contribution in [0.25, 0.3) is 0 Å². The molecule has 1 atom stereocenters. The zero-order chi connectivity index (χ0) is 18.8. The summed E-state index contributed by atoms with van der Waals surface area (Å²) in [6.45, 7) is 1.02. The van der Waals surface area contributed by atoms with Crippen LogP contribution in [0.5, 0.6) is 5.75 Å². The summed E-state index contributed by atoms with van der Waals surface area (Å²) in [5.41, 5.74) is 0.0258. The summed E-state index contributed by atoms with van der Waals surface area (Å²) in [5.74, 6) is -1.44. The number of nitrogens with zero attached hydrogens (tertiary/aromatic N) is 3. The van der Waals surface area contributed by atoms with Crippen LogP contribution in [0, 0.1) is 11.3 Å². The van der Waals surface area contributed by atoms with E-state index in [1.54, 1.807) is 0 Å². The first kappa shape index (κ1) is 18.7. The summed E-state index contributed by atoms with van der Waals surface area (Å²) in [6.07, 6.45) is 0. The molecule has 1 N–H and O–H groups in total. The molecule has 0 bridgehead atoms. The third-order valence-electron chi connectivity index (χ3n) is 3.96. The van der Waals surface area contributed by atoms with Gasteiger partial charge in [-0.05, 0) is 18.2 Å². The van der Waals surface area contributed by atoms with Crippen LogP contribution in [0.3, 0.4) is 0 Å². The number of piperazine rings is 1. The third kappa shape index (κ3) is 3.57. The van der Waals surface area contributed by atoms with E-state index in [2.05, 4.69) is 0 Å². The van der Waals surface area contributed by atoms with Gasteiger partial charge in [0.25, 0.3) is 0 Å². The highest BCUT2D eigenvalue weighted by atomic mass is 32.2. The number of ether oxygens (including phenoxy) is 1. The second-order valence-electron chi connectivity index (χ2n) is 5.41. The standard InChI is InChI=1S/C15H17N3O6S/c1-10(19)17-5-6-18(13(9-17)15(20)21)25(22,23)12-3-4-14(24-2)11(7-12)8-16/h3-4,7,13H,5-6,9H2,1-2H3,(H,20,21)/t13-/m1/s1. The van der Waals surface area contributed by atoms with E-state index in [0.717, 1.165) is 10.4 Å². The van der Waals surface area contributed by atoms with Crippen molar-refractivity contribution in [2.24, 2.45) is 0 Å². The van der Waals surface area contributed by atoms with Gasteiger partial charge in [-0.15, -0.1) is 0 Å². The van der Waals surface area contributed by atoms with Crippen LogP contribution in [-0.4, -0.2) is 67.4 Å². The van der Waals surface area contributed by atoms with Crippen molar-refractivity contribution in [2.45, 2.75) is 17.9 Å². The number of hydrogen-bond acceptors (Lipinski definition) is 6. The van der Waals surface area contributed by atoms with Crippen LogP contribution in [-0.2, 0) is 19.6 Å². The minimum absolute atomic E-state index is 0.0258. The van der Waals surface area contributed by atoms with E-state index < -0.39 is 22.0 Å². The number of methoxy groups -OCH3 is 1. The highest BCUT2D eigenvalue weighted by Gasteiger charge is 2.41. The zero-order valence-corrected chi connectivity index (χ0v) is 14.5. The quantitative estimate of drug-likeness (QED) is 0.785. The van der Waals surface area contributed by atoms with E-state index >= 15 is 0 Å². The number of benzene rings is 1. The lowest BCUT2D eigenvalue weighted by Crippen LogP contribution is -2.58. The molecule has 1 aliphatic heterocycles. The number of nitriles is 1. The highest BCUT2D eigenvalue weighted by Crippen LogP contribution is 2.26. The number of aliphatic carboxylic acids is 1. The van der Waals surface area contributed by atoms with Crippen molar-refractivity contribution >= 4 is 21.9 Å². The Hall–Kier alpha value is -2.64. The molecule has 1 fully saturated rings. The van der Waals surface area contributed by atoms with Gasteiger partial charge in [0, 0.05) is 26.6 Å². The van der Waals surface area contributed by atoms with Crippen molar-refractivity contribution in [3.63, 3.8) is 0 Å². The molecule has 0 unspecified atom stereocenters. The molecule has 0 aliphatic carbocycles. The third-order valence-corrected chi connectivity index (χ3v) is 5.86. The topological polar surface area (TPSA) is 128 Å². The molecule has 25 heavy (non-hydrogen) atoms. The number of sulfonamides is 1. The molecule has 1 aromatic rings. The summed E-state index contributed by atoms with van der Waals surface area (Å²) < 4.78 is 31.5. The van der Waals surface area contributed by atoms with Crippen molar-refractivity contribution in [1.29, 1.82) is 5.26 Å². The molecule has 0 radical (unpaired) electrons. The maximum atomic E-state index is 12.9. The van der Waals surface area contributed by atoms with Crippen LogP contribution >= 0.6 is 0 Å². The normalized spacial score (nSPS) is 18.4. The number of carboxylic acids is 1. The van der Waals surface area contributed by atoms with Crippen molar-refractivity contribution in [1.82, 2.24) is 9.21 Å². The van der Waals surface area contributed by atoms with Gasteiger partial charge in [-0.3, -0.25) is 9.59 Å². The minimum Gasteiger partial charge on any atom is -0.495 e. The Bertz CT molecular complexity index is 845. The second-order valence-corrected chi connectivity index (χ2v) is 7.30. The summed E-state index contributed by atoms with van der Waals surface area (Å²) >= 11 is 0. The molecular weight excluding hydrogens is 350 g/mol. The van der Waals surface area contributed by atoms with E-state index in [0.29, 0.717) is 0 Å². The van der Waals surface area contributed by atoms with E-state index in [1.807, 2.05) is 6.07 Å². The monoisotopic (exact) mass is 367 g/mol. The van der Waals surface area contributed by atoms with Crippen LogP contribution in [0.1, 0.15) is 12.5 Å². The Balaban J connectivity index is 2.43. The van der Waals surface area contributed by atoms with E-state index in [-0.39, 0.29) is 41.7 Å². The van der Waals surface area contributed by atoms with E-state index in [1.165, 1.54) is 31.1 Å². The lowest BCUT2D eigenvalue weighted by Gasteiger charge is -2.38. The number of hydrogen-bond donors (Lipinski definition) is 1. The van der Waals surface area contributed by atoms with Gasteiger partial charge in [0.15, 0.2) is 0 Å². The van der Waals surface area contributed by atoms with Crippen molar-refractivity contribution in [2.75, 3.05) is 26.7 Å².